The van der Waals surface area contributed by atoms with Gasteiger partial charge in [0.05, 0.1) is 6.61 Å². The number of piperidine rings is 1. The van der Waals surface area contributed by atoms with E-state index in [9.17, 15) is 0 Å². The van der Waals surface area contributed by atoms with Gasteiger partial charge in [0.15, 0.2) is 0 Å². The molecular formula is C11H17N3OS. The van der Waals surface area contributed by atoms with Crippen LogP contribution in [0.2, 0.25) is 0 Å². The molecule has 1 saturated heterocycles. The first-order chi connectivity index (χ1) is 7.92. The number of ether oxygens (including phenoxy) is 1. The van der Waals surface area contributed by atoms with Gasteiger partial charge in [0.2, 0.25) is 0 Å². The molecular weight excluding hydrogens is 222 g/mol. The van der Waals surface area contributed by atoms with E-state index in [4.69, 9.17) is 4.74 Å². The van der Waals surface area contributed by atoms with Gasteiger partial charge in [0.25, 0.3) is 5.19 Å². The Morgan fingerprint density at radius 1 is 1.38 bits per heavy atom. The van der Waals surface area contributed by atoms with Gasteiger partial charge in [0, 0.05) is 29.9 Å². The summed E-state index contributed by atoms with van der Waals surface area (Å²) < 4.78 is 10.0. The second-order valence-corrected chi connectivity index (χ2v) is 5.43. The highest BCUT2D eigenvalue weighted by Crippen LogP contribution is 2.39. The minimum atomic E-state index is 0.630. The standard InChI is InChI=1S/C11H17N3OS/c1-2-8(6-12-5-1)7-15-11-13-10(14-16-11)9-3-4-9/h8-9,12H,1-7H2. The molecule has 1 aliphatic carbocycles. The third kappa shape index (κ3) is 2.52. The van der Waals surface area contributed by atoms with Gasteiger partial charge in [-0.2, -0.15) is 9.36 Å². The van der Waals surface area contributed by atoms with E-state index in [0.29, 0.717) is 11.8 Å². The highest BCUT2D eigenvalue weighted by atomic mass is 32.1. The SMILES string of the molecule is C1CNCC(COc2nc(C3CC3)ns2)C1. The predicted molar refractivity (Wildman–Crippen MR) is 63.0 cm³/mol. The summed E-state index contributed by atoms with van der Waals surface area (Å²) >= 11 is 1.40. The zero-order valence-corrected chi connectivity index (χ0v) is 10.1. The normalized spacial score (nSPS) is 25.6. The van der Waals surface area contributed by atoms with E-state index < -0.39 is 0 Å². The molecule has 4 nitrogen and oxygen atoms in total. The average Bonchev–Trinajstić information content (AvgIpc) is 3.08. The number of rotatable bonds is 4. The van der Waals surface area contributed by atoms with Crippen LogP contribution >= 0.6 is 11.5 Å². The summed E-state index contributed by atoms with van der Waals surface area (Å²) in [5, 5.41) is 4.15. The Morgan fingerprint density at radius 3 is 3.06 bits per heavy atom. The lowest BCUT2D eigenvalue weighted by Gasteiger charge is -2.21. The number of nitrogens with zero attached hydrogens (tertiary/aromatic N) is 2. The molecule has 1 atom stereocenters. The van der Waals surface area contributed by atoms with Crippen molar-refractivity contribution in [2.45, 2.75) is 31.6 Å². The van der Waals surface area contributed by atoms with Crippen LogP contribution in [0.5, 0.6) is 5.19 Å². The molecule has 0 spiro atoms. The highest BCUT2D eigenvalue weighted by molar-refractivity contribution is 7.07. The molecule has 5 heteroatoms. The second kappa shape index (κ2) is 4.67. The Morgan fingerprint density at radius 2 is 2.31 bits per heavy atom. The third-order valence-electron chi connectivity index (χ3n) is 3.21. The van der Waals surface area contributed by atoms with Crippen molar-refractivity contribution in [1.82, 2.24) is 14.7 Å². The molecule has 2 aliphatic rings. The Balaban J connectivity index is 1.49. The van der Waals surface area contributed by atoms with Gasteiger partial charge in [-0.05, 0) is 32.2 Å². The fourth-order valence-corrected chi connectivity index (χ4v) is 2.66. The lowest BCUT2D eigenvalue weighted by Crippen LogP contribution is -2.33. The Hall–Kier alpha value is -0.680. The monoisotopic (exact) mass is 239 g/mol. The van der Waals surface area contributed by atoms with E-state index in [2.05, 4.69) is 14.7 Å². The smallest absolute Gasteiger partial charge is 0.293 e. The van der Waals surface area contributed by atoms with E-state index >= 15 is 0 Å². The first-order valence-electron chi connectivity index (χ1n) is 6.09. The first kappa shape index (κ1) is 10.5. The maximum atomic E-state index is 5.71. The number of hydrogen-bond donors (Lipinski definition) is 1. The van der Waals surface area contributed by atoms with Crippen molar-refractivity contribution >= 4 is 11.5 Å². The fourth-order valence-electron chi connectivity index (χ4n) is 2.04. The minimum absolute atomic E-state index is 0.630. The molecule has 1 N–H and O–H groups in total. The van der Waals surface area contributed by atoms with Gasteiger partial charge < -0.3 is 10.1 Å². The Kier molecular flexibility index (Phi) is 3.06. The van der Waals surface area contributed by atoms with Crippen molar-refractivity contribution in [3.63, 3.8) is 0 Å². The molecule has 88 valence electrons. The van der Waals surface area contributed by atoms with Crippen LogP contribution in [0.15, 0.2) is 0 Å². The van der Waals surface area contributed by atoms with Crippen molar-refractivity contribution in [1.29, 1.82) is 0 Å². The van der Waals surface area contributed by atoms with E-state index in [-0.39, 0.29) is 0 Å². The Bertz CT molecular complexity index is 345. The highest BCUT2D eigenvalue weighted by Gasteiger charge is 2.28. The predicted octanol–water partition coefficient (Wildman–Crippen LogP) is 1.79. The molecule has 1 unspecified atom stereocenters. The summed E-state index contributed by atoms with van der Waals surface area (Å²) in [4.78, 5) is 4.42. The topological polar surface area (TPSA) is 47.0 Å². The lowest BCUT2D eigenvalue weighted by atomic mass is 10.0. The van der Waals surface area contributed by atoms with Crippen molar-refractivity contribution in [3.05, 3.63) is 5.82 Å². The van der Waals surface area contributed by atoms with Gasteiger partial charge in [-0.25, -0.2) is 0 Å². The third-order valence-corrected chi connectivity index (χ3v) is 3.85. The van der Waals surface area contributed by atoms with E-state index in [0.717, 1.165) is 30.7 Å². The van der Waals surface area contributed by atoms with Gasteiger partial charge in [0.1, 0.15) is 5.82 Å². The largest absolute Gasteiger partial charge is 0.469 e. The van der Waals surface area contributed by atoms with Crippen LogP contribution < -0.4 is 10.1 Å². The maximum absolute atomic E-state index is 5.71. The van der Waals surface area contributed by atoms with Crippen molar-refractivity contribution in [2.75, 3.05) is 19.7 Å². The minimum Gasteiger partial charge on any atom is -0.469 e. The van der Waals surface area contributed by atoms with E-state index in [1.807, 2.05) is 0 Å². The zero-order valence-electron chi connectivity index (χ0n) is 9.32. The Labute approximate surface area is 99.6 Å². The van der Waals surface area contributed by atoms with Crippen molar-refractivity contribution < 1.29 is 4.74 Å². The number of nitrogens with one attached hydrogen (secondary N) is 1. The number of hydrogen-bond acceptors (Lipinski definition) is 5. The van der Waals surface area contributed by atoms with Crippen LogP contribution in [0.4, 0.5) is 0 Å². The van der Waals surface area contributed by atoms with E-state index in [1.165, 1.54) is 37.2 Å². The number of aromatic nitrogens is 2. The molecule has 1 aromatic heterocycles. The fraction of sp³-hybridized carbons (Fsp3) is 0.818. The van der Waals surface area contributed by atoms with Crippen LogP contribution in [0.25, 0.3) is 0 Å². The quantitative estimate of drug-likeness (QED) is 0.870. The molecule has 1 aromatic rings. The van der Waals surface area contributed by atoms with Crippen LogP contribution in [-0.4, -0.2) is 29.1 Å². The summed E-state index contributed by atoms with van der Waals surface area (Å²) in [7, 11) is 0. The maximum Gasteiger partial charge on any atom is 0.293 e. The summed E-state index contributed by atoms with van der Waals surface area (Å²) in [6, 6.07) is 0. The summed E-state index contributed by atoms with van der Waals surface area (Å²) in [5.74, 6) is 2.27. The molecule has 0 bridgehead atoms. The van der Waals surface area contributed by atoms with Crippen LogP contribution in [-0.2, 0) is 0 Å². The first-order valence-corrected chi connectivity index (χ1v) is 6.86. The average molecular weight is 239 g/mol. The van der Waals surface area contributed by atoms with Crippen LogP contribution in [0.3, 0.4) is 0 Å². The second-order valence-electron chi connectivity index (χ2n) is 4.72. The zero-order chi connectivity index (χ0) is 10.8. The molecule has 2 heterocycles. The molecule has 2 fully saturated rings. The van der Waals surface area contributed by atoms with Gasteiger partial charge in [-0.15, -0.1) is 0 Å². The van der Waals surface area contributed by atoms with Gasteiger partial charge in [-0.1, -0.05) is 0 Å². The summed E-state index contributed by atoms with van der Waals surface area (Å²) in [6.45, 7) is 3.02. The molecule has 0 radical (unpaired) electrons. The molecule has 1 aliphatic heterocycles. The summed E-state index contributed by atoms with van der Waals surface area (Å²) in [6.07, 6.45) is 5.03. The molecule has 3 rings (SSSR count). The van der Waals surface area contributed by atoms with Gasteiger partial charge >= 0.3 is 0 Å². The molecule has 1 saturated carbocycles. The van der Waals surface area contributed by atoms with Crippen LogP contribution in [0.1, 0.15) is 37.4 Å². The molecule has 0 aromatic carbocycles. The van der Waals surface area contributed by atoms with Crippen LogP contribution in [0, 0.1) is 5.92 Å². The molecule has 0 amide bonds. The van der Waals surface area contributed by atoms with Crippen molar-refractivity contribution in [2.24, 2.45) is 5.92 Å². The lowest BCUT2D eigenvalue weighted by molar-refractivity contribution is 0.217. The van der Waals surface area contributed by atoms with Gasteiger partial charge in [-0.3, -0.25) is 0 Å². The van der Waals surface area contributed by atoms with Crippen molar-refractivity contribution in [3.8, 4) is 5.19 Å². The van der Waals surface area contributed by atoms with E-state index in [1.54, 1.807) is 0 Å². The summed E-state index contributed by atoms with van der Waals surface area (Å²) in [5.41, 5.74) is 0. The molecule has 16 heavy (non-hydrogen) atoms.